The fraction of sp³-hybridized carbons (Fsp3) is 0.316. The van der Waals surface area contributed by atoms with E-state index in [0.717, 1.165) is 4.68 Å². The summed E-state index contributed by atoms with van der Waals surface area (Å²) in [5, 5.41) is 4.31. The van der Waals surface area contributed by atoms with Gasteiger partial charge in [-0.25, -0.2) is 14.5 Å². The molecule has 0 amide bonds. The average molecular weight is 437 g/mol. The quantitative estimate of drug-likeness (QED) is 0.792. The van der Waals surface area contributed by atoms with Gasteiger partial charge in [-0.15, -0.1) is 0 Å². The van der Waals surface area contributed by atoms with E-state index in [0.29, 0.717) is 11.1 Å². The summed E-state index contributed by atoms with van der Waals surface area (Å²) in [5.41, 5.74) is -0.313. The Kier molecular flexibility index (Phi) is 6.04. The molecule has 0 bridgehead atoms. The molecule has 10 heteroatoms. The summed E-state index contributed by atoms with van der Waals surface area (Å²) < 4.78 is 6.85. The fourth-order valence-corrected chi connectivity index (χ4v) is 3.35. The molecule has 8 nitrogen and oxygen atoms in total. The van der Waals surface area contributed by atoms with Crippen molar-refractivity contribution in [3.8, 4) is 17.0 Å². The normalized spacial score (nSPS) is 14.1. The molecule has 0 aliphatic carbocycles. The van der Waals surface area contributed by atoms with E-state index in [1.165, 1.54) is 12.1 Å². The number of aromatic amines is 1. The molecule has 29 heavy (non-hydrogen) atoms. The zero-order valence-electron chi connectivity index (χ0n) is 16.0. The highest BCUT2D eigenvalue weighted by Crippen LogP contribution is 2.37. The van der Waals surface area contributed by atoms with Crippen molar-refractivity contribution < 1.29 is 9.53 Å². The van der Waals surface area contributed by atoms with Crippen molar-refractivity contribution in [2.24, 2.45) is 10.9 Å². The summed E-state index contributed by atoms with van der Waals surface area (Å²) in [6, 6.07) is 2.93. The lowest BCUT2D eigenvalue weighted by Crippen LogP contribution is -2.33. The van der Waals surface area contributed by atoms with Crippen molar-refractivity contribution in [1.29, 1.82) is 0 Å². The summed E-state index contributed by atoms with van der Waals surface area (Å²) in [6.07, 6.45) is 1.57. The van der Waals surface area contributed by atoms with Crippen LogP contribution in [0.25, 0.3) is 11.3 Å². The Bertz CT molecular complexity index is 1140. The summed E-state index contributed by atoms with van der Waals surface area (Å²) in [6.45, 7) is 5.81. The number of hydrogen-bond acceptors (Lipinski definition) is 6. The van der Waals surface area contributed by atoms with Gasteiger partial charge in [0, 0.05) is 23.8 Å². The van der Waals surface area contributed by atoms with Crippen LogP contribution >= 0.6 is 23.2 Å². The molecule has 0 radical (unpaired) electrons. The number of Topliss-reactive ketones (excluding diaryl/α,β-unsaturated/α-hetero) is 1. The van der Waals surface area contributed by atoms with Crippen LogP contribution in [-0.4, -0.2) is 33.0 Å². The number of hydrogen-bond donors (Lipinski definition) is 1. The first-order valence-electron chi connectivity index (χ1n) is 8.89. The van der Waals surface area contributed by atoms with Gasteiger partial charge in [-0.1, -0.05) is 37.0 Å². The van der Waals surface area contributed by atoms with Gasteiger partial charge in [-0.05, 0) is 25.0 Å². The average Bonchev–Trinajstić information content (AvgIpc) is 2.65. The SMILES string of the molecule is CCn1nc(-c2cc(Cl)c(OC3=NCC(=O)C(C(C)C)=C3)c(Cl)c2)c(=O)[nH]c1=O. The molecule has 2 aromatic rings. The zero-order valence-corrected chi connectivity index (χ0v) is 17.5. The van der Waals surface area contributed by atoms with Crippen molar-refractivity contribution in [1.82, 2.24) is 14.8 Å². The second kappa shape index (κ2) is 8.34. The fourth-order valence-electron chi connectivity index (χ4n) is 2.78. The Balaban J connectivity index is 1.99. The first-order valence-corrected chi connectivity index (χ1v) is 9.64. The molecule has 1 N–H and O–H groups in total. The van der Waals surface area contributed by atoms with Crippen molar-refractivity contribution in [2.75, 3.05) is 6.54 Å². The summed E-state index contributed by atoms with van der Waals surface area (Å²) >= 11 is 12.7. The monoisotopic (exact) mass is 436 g/mol. The maximum atomic E-state index is 12.2. The highest BCUT2D eigenvalue weighted by atomic mass is 35.5. The van der Waals surface area contributed by atoms with Crippen LogP contribution in [0.2, 0.25) is 10.0 Å². The second-order valence-electron chi connectivity index (χ2n) is 6.63. The first kappa shape index (κ1) is 21.0. The standard InChI is InChI=1S/C19H18Cl2N4O4/c1-4-25-19(28)23-18(27)16(24-25)10-5-12(20)17(13(21)6-10)29-15-7-11(9(2)3)14(26)8-22-15/h5-7,9H,4,8H2,1-3H3,(H,23,27,28). The number of H-pyrrole nitrogens is 1. The lowest BCUT2D eigenvalue weighted by molar-refractivity contribution is -0.114. The number of nitrogens with one attached hydrogen (secondary N) is 1. The number of rotatable bonds is 4. The first-order chi connectivity index (χ1) is 13.7. The number of carbonyl (C=O) groups is 1. The van der Waals surface area contributed by atoms with Crippen molar-refractivity contribution >= 4 is 34.9 Å². The Morgan fingerprint density at radius 2 is 1.86 bits per heavy atom. The van der Waals surface area contributed by atoms with Crippen LogP contribution in [0.1, 0.15) is 20.8 Å². The molecule has 0 fully saturated rings. The molecular weight excluding hydrogens is 419 g/mol. The molecule has 0 saturated carbocycles. The Morgan fingerprint density at radius 3 is 2.45 bits per heavy atom. The number of aromatic nitrogens is 3. The van der Waals surface area contributed by atoms with Gasteiger partial charge < -0.3 is 4.74 Å². The third kappa shape index (κ3) is 4.33. The van der Waals surface area contributed by atoms with Gasteiger partial charge in [-0.3, -0.25) is 14.6 Å². The number of ether oxygens (including phenoxy) is 1. The van der Waals surface area contributed by atoms with E-state index >= 15 is 0 Å². The maximum absolute atomic E-state index is 12.2. The van der Waals surface area contributed by atoms with Gasteiger partial charge >= 0.3 is 5.69 Å². The van der Waals surface area contributed by atoms with E-state index in [2.05, 4.69) is 15.1 Å². The van der Waals surface area contributed by atoms with Gasteiger partial charge in [0.2, 0.25) is 5.90 Å². The Hall–Kier alpha value is -2.71. The van der Waals surface area contributed by atoms with Crippen LogP contribution in [0.3, 0.4) is 0 Å². The van der Waals surface area contributed by atoms with Crippen LogP contribution < -0.4 is 16.0 Å². The molecule has 0 unspecified atom stereocenters. The minimum Gasteiger partial charge on any atom is -0.436 e. The lowest BCUT2D eigenvalue weighted by atomic mass is 9.97. The van der Waals surface area contributed by atoms with E-state index in [9.17, 15) is 14.4 Å². The smallest absolute Gasteiger partial charge is 0.344 e. The molecule has 1 aliphatic heterocycles. The summed E-state index contributed by atoms with van der Waals surface area (Å²) in [7, 11) is 0. The second-order valence-corrected chi connectivity index (χ2v) is 7.44. The molecule has 1 aliphatic rings. The number of aliphatic imine (C=N–C) groups is 1. The number of nitrogens with zero attached hydrogens (tertiary/aromatic N) is 3. The van der Waals surface area contributed by atoms with E-state index in [1.807, 2.05) is 13.8 Å². The number of halogens is 2. The highest BCUT2D eigenvalue weighted by molar-refractivity contribution is 6.38. The third-order valence-corrected chi connectivity index (χ3v) is 4.83. The molecule has 0 atom stereocenters. The van der Waals surface area contributed by atoms with E-state index in [-0.39, 0.29) is 52.2 Å². The van der Waals surface area contributed by atoms with Crippen LogP contribution in [-0.2, 0) is 11.3 Å². The predicted molar refractivity (Wildman–Crippen MR) is 111 cm³/mol. The van der Waals surface area contributed by atoms with Crippen molar-refractivity contribution in [3.63, 3.8) is 0 Å². The molecular formula is C19H18Cl2N4O4. The number of benzene rings is 1. The molecule has 0 saturated heterocycles. The minimum absolute atomic E-state index is 0.00407. The number of ketones is 1. The van der Waals surface area contributed by atoms with Crippen molar-refractivity contribution in [2.45, 2.75) is 27.3 Å². The Morgan fingerprint density at radius 1 is 1.21 bits per heavy atom. The molecule has 3 rings (SSSR count). The van der Waals surface area contributed by atoms with Gasteiger partial charge in [0.25, 0.3) is 5.56 Å². The molecule has 1 aromatic heterocycles. The van der Waals surface area contributed by atoms with E-state index in [1.54, 1.807) is 13.0 Å². The highest BCUT2D eigenvalue weighted by Gasteiger charge is 2.21. The molecule has 1 aromatic carbocycles. The number of dihydropyridines is 1. The number of carbonyl (C=O) groups excluding carboxylic acids is 1. The number of aryl methyl sites for hydroxylation is 1. The maximum Gasteiger partial charge on any atom is 0.344 e. The van der Waals surface area contributed by atoms with Crippen molar-refractivity contribution in [3.05, 3.63) is 54.7 Å². The zero-order chi connectivity index (χ0) is 21.3. The largest absolute Gasteiger partial charge is 0.436 e. The Labute approximate surface area is 175 Å². The lowest BCUT2D eigenvalue weighted by Gasteiger charge is -2.17. The summed E-state index contributed by atoms with van der Waals surface area (Å²) in [4.78, 5) is 42.1. The van der Waals surface area contributed by atoms with E-state index in [4.69, 9.17) is 27.9 Å². The van der Waals surface area contributed by atoms with Gasteiger partial charge in [-0.2, -0.15) is 5.10 Å². The molecule has 152 valence electrons. The predicted octanol–water partition coefficient (Wildman–Crippen LogP) is 2.87. The van der Waals surface area contributed by atoms with Crippen LogP contribution in [0, 0.1) is 5.92 Å². The van der Waals surface area contributed by atoms with Crippen LogP contribution in [0.4, 0.5) is 0 Å². The van der Waals surface area contributed by atoms with Gasteiger partial charge in [0.1, 0.15) is 6.54 Å². The van der Waals surface area contributed by atoms with Crippen LogP contribution in [0.15, 0.2) is 38.4 Å². The molecule has 0 spiro atoms. The van der Waals surface area contributed by atoms with Crippen LogP contribution in [0.5, 0.6) is 5.75 Å². The third-order valence-electron chi connectivity index (χ3n) is 4.27. The topological polar surface area (TPSA) is 106 Å². The minimum atomic E-state index is -0.653. The molecule has 2 heterocycles. The summed E-state index contributed by atoms with van der Waals surface area (Å²) in [5.74, 6) is 0.332. The van der Waals surface area contributed by atoms with E-state index < -0.39 is 11.2 Å². The van der Waals surface area contributed by atoms with Gasteiger partial charge in [0.15, 0.2) is 17.2 Å². The van der Waals surface area contributed by atoms with Gasteiger partial charge in [0.05, 0.1) is 10.0 Å².